The summed E-state index contributed by atoms with van der Waals surface area (Å²) in [4.78, 5) is 12.7. The van der Waals surface area contributed by atoms with Crippen molar-refractivity contribution < 1.29 is 39.8 Å². The molecule has 0 radical (unpaired) electrons. The molecule has 0 aromatic heterocycles. The summed E-state index contributed by atoms with van der Waals surface area (Å²) in [5, 5.41) is 53.6. The van der Waals surface area contributed by atoms with E-state index >= 15 is 0 Å². The first kappa shape index (κ1) is 41.7. The number of amides is 1. The zero-order valence-electron chi connectivity index (χ0n) is 28.4. The van der Waals surface area contributed by atoms with E-state index in [0.29, 0.717) is 6.42 Å². The molecule has 0 aliphatic carbocycles. The number of hydrogen-bond acceptors (Lipinski definition) is 8. The van der Waals surface area contributed by atoms with Gasteiger partial charge in [0.15, 0.2) is 6.29 Å². The highest BCUT2D eigenvalue weighted by Gasteiger charge is 2.44. The van der Waals surface area contributed by atoms with E-state index in [1.54, 1.807) is 6.08 Å². The van der Waals surface area contributed by atoms with E-state index in [4.69, 9.17) is 9.47 Å². The number of carbonyl (C=O) groups is 1. The fourth-order valence-corrected chi connectivity index (χ4v) is 5.52. The van der Waals surface area contributed by atoms with Crippen LogP contribution < -0.4 is 5.32 Å². The summed E-state index contributed by atoms with van der Waals surface area (Å²) in [5.41, 5.74) is 0. The quantitative estimate of drug-likeness (QED) is 0.0478. The van der Waals surface area contributed by atoms with Crippen LogP contribution in [0.2, 0.25) is 0 Å². The summed E-state index contributed by atoms with van der Waals surface area (Å²) in [6.07, 6.45) is 22.5. The normalized spacial score (nSPS) is 23.6. The van der Waals surface area contributed by atoms with Gasteiger partial charge in [0.05, 0.1) is 25.4 Å². The lowest BCUT2D eigenvalue weighted by atomic mass is 9.99. The van der Waals surface area contributed by atoms with E-state index in [1.165, 1.54) is 70.6 Å². The molecule has 264 valence electrons. The van der Waals surface area contributed by atoms with Crippen LogP contribution in [0.25, 0.3) is 0 Å². The number of rotatable bonds is 28. The van der Waals surface area contributed by atoms with Crippen molar-refractivity contribution in [2.24, 2.45) is 0 Å². The third-order valence-corrected chi connectivity index (χ3v) is 8.53. The van der Waals surface area contributed by atoms with Gasteiger partial charge in [0, 0.05) is 6.42 Å². The van der Waals surface area contributed by atoms with Crippen LogP contribution in [0.15, 0.2) is 24.3 Å². The number of aliphatic hydroxyl groups is 5. The van der Waals surface area contributed by atoms with Gasteiger partial charge in [-0.25, -0.2) is 0 Å². The maximum absolute atomic E-state index is 12.7. The Bertz CT molecular complexity index is 761. The van der Waals surface area contributed by atoms with Crippen LogP contribution in [0.1, 0.15) is 142 Å². The lowest BCUT2D eigenvalue weighted by Gasteiger charge is -2.40. The first-order valence-electron chi connectivity index (χ1n) is 18.1. The van der Waals surface area contributed by atoms with Crippen LogP contribution in [-0.2, 0) is 14.3 Å². The topological polar surface area (TPSA) is 149 Å². The van der Waals surface area contributed by atoms with Gasteiger partial charge in [-0.3, -0.25) is 4.79 Å². The number of allylic oxidation sites excluding steroid dienone is 3. The summed E-state index contributed by atoms with van der Waals surface area (Å²) in [6, 6.07) is -0.812. The van der Waals surface area contributed by atoms with E-state index in [-0.39, 0.29) is 12.5 Å². The van der Waals surface area contributed by atoms with Gasteiger partial charge in [-0.1, -0.05) is 128 Å². The Kier molecular flexibility index (Phi) is 25.7. The molecule has 0 saturated carbocycles. The fourth-order valence-electron chi connectivity index (χ4n) is 5.52. The Hall–Kier alpha value is -1.33. The Morgan fingerprint density at radius 2 is 1.27 bits per heavy atom. The molecule has 6 N–H and O–H groups in total. The number of ether oxygens (including phenoxy) is 2. The number of unbranched alkanes of at least 4 members (excludes halogenated alkanes) is 16. The molecule has 9 heteroatoms. The zero-order valence-corrected chi connectivity index (χ0v) is 28.4. The minimum atomic E-state index is -1.57. The highest BCUT2D eigenvalue weighted by molar-refractivity contribution is 5.76. The smallest absolute Gasteiger partial charge is 0.220 e. The van der Waals surface area contributed by atoms with Crippen molar-refractivity contribution in [2.75, 3.05) is 13.2 Å². The minimum Gasteiger partial charge on any atom is -0.394 e. The van der Waals surface area contributed by atoms with Gasteiger partial charge in [-0.15, -0.1) is 0 Å². The van der Waals surface area contributed by atoms with Crippen molar-refractivity contribution in [1.82, 2.24) is 5.32 Å². The van der Waals surface area contributed by atoms with Crippen molar-refractivity contribution in [3.05, 3.63) is 24.3 Å². The van der Waals surface area contributed by atoms with Gasteiger partial charge in [0.1, 0.15) is 24.4 Å². The first-order chi connectivity index (χ1) is 21.8. The average Bonchev–Trinajstić information content (AvgIpc) is 3.04. The molecule has 0 bridgehead atoms. The molecule has 1 aliphatic rings. The van der Waals surface area contributed by atoms with E-state index in [2.05, 4.69) is 31.3 Å². The maximum Gasteiger partial charge on any atom is 0.220 e. The second-order valence-electron chi connectivity index (χ2n) is 12.7. The fraction of sp³-hybridized carbons (Fsp3) is 0.861. The number of aliphatic hydroxyl groups excluding tert-OH is 5. The summed E-state index contributed by atoms with van der Waals surface area (Å²) in [6.45, 7) is 3.65. The second-order valence-corrected chi connectivity index (χ2v) is 12.7. The van der Waals surface area contributed by atoms with E-state index in [9.17, 15) is 30.3 Å². The van der Waals surface area contributed by atoms with Crippen LogP contribution in [-0.4, -0.2) is 87.5 Å². The Morgan fingerprint density at radius 1 is 0.733 bits per heavy atom. The molecule has 1 aliphatic heterocycles. The van der Waals surface area contributed by atoms with Crippen LogP contribution in [0.5, 0.6) is 0 Å². The van der Waals surface area contributed by atoms with Gasteiger partial charge in [0.2, 0.25) is 5.91 Å². The lowest BCUT2D eigenvalue weighted by Crippen LogP contribution is -2.60. The molecule has 1 saturated heterocycles. The summed E-state index contributed by atoms with van der Waals surface area (Å²) in [7, 11) is 0. The highest BCUT2D eigenvalue weighted by atomic mass is 16.7. The van der Waals surface area contributed by atoms with Gasteiger partial charge in [-0.05, 0) is 32.1 Å². The Labute approximate surface area is 273 Å². The molecule has 0 aromatic carbocycles. The minimum absolute atomic E-state index is 0.199. The molecule has 1 fully saturated rings. The molecule has 7 atom stereocenters. The monoisotopic (exact) mass is 641 g/mol. The van der Waals surface area contributed by atoms with E-state index in [0.717, 1.165) is 51.4 Å². The highest BCUT2D eigenvalue weighted by Crippen LogP contribution is 2.22. The predicted molar refractivity (Wildman–Crippen MR) is 180 cm³/mol. The maximum atomic E-state index is 12.7. The first-order valence-corrected chi connectivity index (χ1v) is 18.1. The molecular formula is C36H67NO8. The van der Waals surface area contributed by atoms with Crippen molar-refractivity contribution in [2.45, 2.75) is 185 Å². The van der Waals surface area contributed by atoms with Gasteiger partial charge >= 0.3 is 0 Å². The molecule has 1 heterocycles. The molecular weight excluding hydrogens is 574 g/mol. The number of hydrogen-bond donors (Lipinski definition) is 6. The third kappa shape index (κ3) is 19.8. The Morgan fingerprint density at radius 3 is 1.87 bits per heavy atom. The van der Waals surface area contributed by atoms with Crippen LogP contribution in [0, 0.1) is 0 Å². The van der Waals surface area contributed by atoms with Crippen molar-refractivity contribution in [3.63, 3.8) is 0 Å². The number of nitrogens with one attached hydrogen (secondary N) is 1. The SMILES string of the molecule is CCCCCCCCCCCC/C=C/CC/C=C/C(O)C(COC1OC(CO)C(O)C(O)C1O)NC(=O)CCCCCCCC. The van der Waals surface area contributed by atoms with Crippen LogP contribution in [0.4, 0.5) is 0 Å². The lowest BCUT2D eigenvalue weighted by molar-refractivity contribution is -0.302. The zero-order chi connectivity index (χ0) is 33.1. The van der Waals surface area contributed by atoms with Gasteiger partial charge < -0.3 is 40.3 Å². The Balaban J connectivity index is 2.46. The van der Waals surface area contributed by atoms with Gasteiger partial charge in [-0.2, -0.15) is 0 Å². The molecule has 7 unspecified atom stereocenters. The summed E-state index contributed by atoms with van der Waals surface area (Å²) >= 11 is 0. The van der Waals surface area contributed by atoms with Crippen molar-refractivity contribution in [3.8, 4) is 0 Å². The van der Waals surface area contributed by atoms with Crippen molar-refractivity contribution in [1.29, 1.82) is 0 Å². The summed E-state index contributed by atoms with van der Waals surface area (Å²) < 4.78 is 11.1. The van der Waals surface area contributed by atoms with Crippen molar-refractivity contribution >= 4 is 5.91 Å². The van der Waals surface area contributed by atoms with E-state index in [1.807, 2.05) is 6.08 Å². The van der Waals surface area contributed by atoms with E-state index < -0.39 is 49.5 Å². The summed E-state index contributed by atoms with van der Waals surface area (Å²) in [5.74, 6) is -0.199. The molecule has 0 aromatic rings. The molecule has 1 rings (SSSR count). The predicted octanol–water partition coefficient (Wildman–Crippen LogP) is 5.60. The largest absolute Gasteiger partial charge is 0.394 e. The van der Waals surface area contributed by atoms with Crippen LogP contribution >= 0.6 is 0 Å². The third-order valence-electron chi connectivity index (χ3n) is 8.53. The standard InChI is InChI=1S/C36H67NO8/c1-3-5-7-9-11-12-13-14-15-16-17-18-19-20-21-23-25-30(39)29(37-32(40)26-24-22-10-8-6-4-2)28-44-36-35(43)34(42)33(41)31(27-38)45-36/h18-19,23,25,29-31,33-36,38-39,41-43H,3-17,20-22,24,26-28H2,1-2H3,(H,37,40)/b19-18+,25-23+. The molecule has 9 nitrogen and oxygen atoms in total. The second kappa shape index (κ2) is 27.8. The molecule has 1 amide bonds. The molecule has 0 spiro atoms. The molecule has 45 heavy (non-hydrogen) atoms. The van der Waals surface area contributed by atoms with Gasteiger partial charge in [0.25, 0.3) is 0 Å². The number of carbonyl (C=O) groups excluding carboxylic acids is 1. The average molecular weight is 642 g/mol. The van der Waals surface area contributed by atoms with Crippen LogP contribution in [0.3, 0.4) is 0 Å².